The van der Waals surface area contributed by atoms with Gasteiger partial charge >= 0.3 is 0 Å². The highest BCUT2D eigenvalue weighted by molar-refractivity contribution is 5.86. The minimum absolute atomic E-state index is 0.0624. The number of allylic oxidation sites excluding steroid dienone is 3. The number of ether oxygens (including phenoxy) is 1. The van der Waals surface area contributed by atoms with Gasteiger partial charge in [-0.15, -0.1) is 0 Å². The second-order valence-corrected chi connectivity index (χ2v) is 12.4. The smallest absolute Gasteiger partial charge is 0.105 e. The molecule has 1 aromatic carbocycles. The molecule has 3 N–H and O–H groups in total. The fourth-order valence-corrected chi connectivity index (χ4v) is 8.57. The van der Waals surface area contributed by atoms with Crippen LogP contribution in [0.5, 0.6) is 0 Å². The van der Waals surface area contributed by atoms with E-state index < -0.39 is 17.8 Å². The third-order valence-corrected chi connectivity index (χ3v) is 10.7. The summed E-state index contributed by atoms with van der Waals surface area (Å²) in [7, 11) is 3.96. The molecular formula is C30H37N3O3. The van der Waals surface area contributed by atoms with Gasteiger partial charge in [0.05, 0.1) is 22.8 Å². The Kier molecular flexibility index (Phi) is 4.58. The van der Waals surface area contributed by atoms with Crippen LogP contribution >= 0.6 is 0 Å². The maximum Gasteiger partial charge on any atom is 0.105 e. The highest BCUT2D eigenvalue weighted by Gasteiger charge is 2.68. The van der Waals surface area contributed by atoms with Crippen LogP contribution in [0, 0.1) is 24.2 Å². The van der Waals surface area contributed by atoms with E-state index in [0.29, 0.717) is 18.3 Å². The minimum Gasteiger partial charge on any atom is -0.388 e. The van der Waals surface area contributed by atoms with Gasteiger partial charge in [0.25, 0.3) is 0 Å². The lowest BCUT2D eigenvalue weighted by molar-refractivity contribution is -0.165. The van der Waals surface area contributed by atoms with Gasteiger partial charge < -0.3 is 19.8 Å². The number of fused-ring (bicyclic) bond motifs is 2. The van der Waals surface area contributed by atoms with Gasteiger partial charge in [-0.25, -0.2) is 0 Å². The molecule has 2 fully saturated rings. The highest BCUT2D eigenvalue weighted by Crippen LogP contribution is 2.69. The Morgan fingerprint density at radius 1 is 1.19 bits per heavy atom. The van der Waals surface area contributed by atoms with Gasteiger partial charge in [-0.1, -0.05) is 44.2 Å². The third kappa shape index (κ3) is 2.63. The number of benzene rings is 1. The molecule has 190 valence electrons. The molecule has 2 bridgehead atoms. The van der Waals surface area contributed by atoms with Crippen LogP contribution in [0.3, 0.4) is 0 Å². The number of rotatable bonds is 2. The quantitative estimate of drug-likeness (QED) is 0.593. The molecule has 8 atom stereocenters. The van der Waals surface area contributed by atoms with E-state index in [1.165, 1.54) is 22.1 Å². The average molecular weight is 488 g/mol. The summed E-state index contributed by atoms with van der Waals surface area (Å²) in [5.41, 5.74) is 5.95. The van der Waals surface area contributed by atoms with Crippen LogP contribution < -0.4 is 0 Å². The first-order chi connectivity index (χ1) is 17.1. The molecule has 1 saturated heterocycles. The van der Waals surface area contributed by atoms with Crippen LogP contribution in [-0.4, -0.2) is 68.9 Å². The molecule has 6 nitrogen and oxygen atoms in total. The van der Waals surface area contributed by atoms with E-state index in [0.717, 1.165) is 36.0 Å². The van der Waals surface area contributed by atoms with Crippen molar-refractivity contribution in [2.24, 2.45) is 17.3 Å². The minimum atomic E-state index is -0.895. The van der Waals surface area contributed by atoms with Crippen LogP contribution in [0.1, 0.15) is 50.8 Å². The number of aromatic amines is 1. The monoisotopic (exact) mass is 487 g/mol. The first-order valence-electron chi connectivity index (χ1n) is 13.4. The lowest BCUT2D eigenvalue weighted by Crippen LogP contribution is -2.62. The third-order valence-electron chi connectivity index (χ3n) is 10.7. The largest absolute Gasteiger partial charge is 0.388 e. The van der Waals surface area contributed by atoms with Gasteiger partial charge in [0.1, 0.15) is 6.10 Å². The van der Waals surface area contributed by atoms with Crippen LogP contribution in [0.4, 0.5) is 0 Å². The van der Waals surface area contributed by atoms with Crippen molar-refractivity contribution in [2.45, 2.75) is 75.9 Å². The predicted molar refractivity (Wildman–Crippen MR) is 140 cm³/mol. The fourth-order valence-electron chi connectivity index (χ4n) is 8.57. The zero-order valence-electron chi connectivity index (χ0n) is 21.9. The summed E-state index contributed by atoms with van der Waals surface area (Å²) in [6.07, 6.45) is 8.89. The van der Waals surface area contributed by atoms with Crippen LogP contribution in [0.25, 0.3) is 16.5 Å². The molecule has 5 aliphatic rings. The number of nitrogens with one attached hydrogen (secondary N) is 1. The molecule has 2 aromatic rings. The van der Waals surface area contributed by atoms with Crippen molar-refractivity contribution in [3.63, 3.8) is 0 Å². The van der Waals surface area contributed by atoms with E-state index in [1.54, 1.807) is 0 Å². The van der Waals surface area contributed by atoms with Crippen LogP contribution in [-0.2, 0) is 4.74 Å². The predicted octanol–water partition coefficient (Wildman–Crippen LogP) is 4.14. The Morgan fingerprint density at radius 2 is 2.00 bits per heavy atom. The molecule has 1 aromatic heterocycles. The van der Waals surface area contributed by atoms with Crippen molar-refractivity contribution >= 4 is 16.5 Å². The topological polar surface area (TPSA) is 81.6 Å². The van der Waals surface area contributed by atoms with Crippen molar-refractivity contribution < 1.29 is 14.9 Å². The van der Waals surface area contributed by atoms with E-state index in [9.17, 15) is 10.2 Å². The second kappa shape index (κ2) is 7.19. The molecule has 6 heteroatoms. The van der Waals surface area contributed by atoms with Crippen molar-refractivity contribution in [1.82, 2.24) is 15.1 Å². The Hall–Kier alpha value is -2.25. The van der Waals surface area contributed by atoms with Crippen molar-refractivity contribution in [3.8, 4) is 0 Å². The number of nitrogens with zero attached hydrogens (tertiary/aromatic N) is 2. The van der Waals surface area contributed by atoms with Crippen LogP contribution in [0.2, 0.25) is 0 Å². The summed E-state index contributed by atoms with van der Waals surface area (Å²) in [5, 5.41) is 31.0. The number of hydrogen-bond donors (Lipinski definition) is 3. The Morgan fingerprint density at radius 3 is 2.78 bits per heavy atom. The molecule has 8 unspecified atom stereocenters. The second-order valence-electron chi connectivity index (χ2n) is 12.4. The molecule has 1 saturated carbocycles. The van der Waals surface area contributed by atoms with E-state index in [4.69, 9.17) is 4.74 Å². The number of aliphatic hydroxyl groups is 2. The zero-order chi connectivity index (χ0) is 25.2. The summed E-state index contributed by atoms with van der Waals surface area (Å²) in [6, 6.07) is 6.55. The molecule has 2 spiro atoms. The van der Waals surface area contributed by atoms with E-state index >= 15 is 0 Å². The first kappa shape index (κ1) is 22.9. The molecule has 2 aliphatic heterocycles. The number of likely N-dealkylation sites (N-methyl/N-ethyl adjacent to an activating group) is 1. The van der Waals surface area contributed by atoms with Crippen LogP contribution in [0.15, 0.2) is 47.6 Å². The Bertz CT molecular complexity index is 1370. The summed E-state index contributed by atoms with van der Waals surface area (Å²) in [6.45, 7) is 6.82. The zero-order valence-corrected chi connectivity index (χ0v) is 21.9. The fraction of sp³-hybridized carbons (Fsp3) is 0.567. The number of aliphatic hydroxyl groups excluding tert-OH is 2. The summed E-state index contributed by atoms with van der Waals surface area (Å²) in [4.78, 5) is 2.04. The van der Waals surface area contributed by atoms with Gasteiger partial charge in [0.2, 0.25) is 0 Å². The number of hydrogen-bond acceptors (Lipinski definition) is 5. The molecule has 0 radical (unpaired) electrons. The van der Waals surface area contributed by atoms with E-state index in [1.807, 2.05) is 19.0 Å². The lowest BCUT2D eigenvalue weighted by atomic mass is 9.54. The van der Waals surface area contributed by atoms with Gasteiger partial charge in [0.15, 0.2) is 0 Å². The van der Waals surface area contributed by atoms with Gasteiger partial charge in [-0.2, -0.15) is 5.10 Å². The van der Waals surface area contributed by atoms with Crippen molar-refractivity contribution in [1.29, 1.82) is 0 Å². The molecule has 3 heterocycles. The van der Waals surface area contributed by atoms with Gasteiger partial charge in [-0.05, 0) is 81.0 Å². The number of aryl methyl sites for hydroxylation is 1. The maximum atomic E-state index is 11.2. The standard InChI is InChI=1S/C30H37N3O3/c1-16-12-19-14-22-26(34)27(35)24(33(4)5)15-29(22)10-11-30(19,36-29)25-9-8-21(28(16,25)3)18-6-7-20-17(2)31-32-23(20)13-18/h6-8,12-14,16,24-27,34-35H,9-11,15H2,1-5H3,(H,31,32). The maximum absolute atomic E-state index is 11.2. The van der Waals surface area contributed by atoms with Crippen molar-refractivity contribution in [3.05, 3.63) is 58.8 Å². The molecule has 0 amide bonds. The average Bonchev–Trinajstić information content (AvgIpc) is 3.50. The Balaban J connectivity index is 1.33. The Labute approximate surface area is 212 Å². The van der Waals surface area contributed by atoms with E-state index in [2.05, 4.69) is 67.4 Å². The highest BCUT2D eigenvalue weighted by atomic mass is 16.5. The van der Waals surface area contributed by atoms with Gasteiger partial charge in [0, 0.05) is 28.5 Å². The lowest BCUT2D eigenvalue weighted by Gasteiger charge is -2.57. The molecule has 7 rings (SSSR count). The summed E-state index contributed by atoms with van der Waals surface area (Å²) >= 11 is 0. The summed E-state index contributed by atoms with van der Waals surface area (Å²) in [5.74, 6) is 0.632. The normalized spacial score (nSPS) is 43.1. The number of aromatic nitrogens is 2. The first-order valence-corrected chi connectivity index (χ1v) is 13.4. The van der Waals surface area contributed by atoms with Gasteiger partial charge in [-0.3, -0.25) is 5.10 Å². The molecular weight excluding hydrogens is 450 g/mol. The summed E-state index contributed by atoms with van der Waals surface area (Å²) < 4.78 is 7.28. The molecule has 36 heavy (non-hydrogen) atoms. The SMILES string of the molecule is Cc1[nH]nc2cc(C3=CCC4C56CCC7(CC(N(C)C)C(O)C(O)C7=CC5=CC(C)C34C)O6)ccc12. The van der Waals surface area contributed by atoms with Crippen molar-refractivity contribution in [2.75, 3.05) is 14.1 Å². The van der Waals surface area contributed by atoms with E-state index in [-0.39, 0.29) is 17.1 Å². The molecule has 3 aliphatic carbocycles. The number of H-pyrrole nitrogens is 1.